The van der Waals surface area contributed by atoms with Crippen LogP contribution in [-0.4, -0.2) is 12.1 Å². The van der Waals surface area contributed by atoms with Gasteiger partial charge in [-0.15, -0.1) is 23.1 Å². The zero-order valence-electron chi connectivity index (χ0n) is 33.9. The van der Waals surface area contributed by atoms with Gasteiger partial charge in [-0.1, -0.05) is 129 Å². The van der Waals surface area contributed by atoms with Gasteiger partial charge in [-0.2, -0.15) is 0 Å². The molecule has 2 nitrogen and oxygen atoms in total. The van der Waals surface area contributed by atoms with Crippen LogP contribution >= 0.6 is 23.1 Å². The molecule has 6 atom stereocenters. The van der Waals surface area contributed by atoms with Crippen molar-refractivity contribution < 1.29 is 0 Å². The minimum Gasteiger partial charge on any atom is -0.335 e. The van der Waals surface area contributed by atoms with E-state index >= 15 is 0 Å². The average Bonchev–Trinajstić information content (AvgIpc) is 4.00. The summed E-state index contributed by atoms with van der Waals surface area (Å²) in [5, 5.41) is 1.89. The Kier molecular flexibility index (Phi) is 8.53. The summed E-state index contributed by atoms with van der Waals surface area (Å²) in [6.07, 6.45) is 32.7. The molecule has 0 saturated carbocycles. The van der Waals surface area contributed by atoms with Gasteiger partial charge >= 0.3 is 0 Å². The third-order valence-corrected chi connectivity index (χ3v) is 17.4. The van der Waals surface area contributed by atoms with Crippen LogP contribution in [0.15, 0.2) is 163 Å². The first-order chi connectivity index (χ1) is 29.0. The molecule has 0 bridgehead atoms. The first-order valence-electron chi connectivity index (χ1n) is 21.9. The van der Waals surface area contributed by atoms with Crippen LogP contribution in [0.1, 0.15) is 90.7 Å². The van der Waals surface area contributed by atoms with E-state index in [0.717, 1.165) is 38.5 Å². The number of nitrogens with zero attached hydrogens (tertiary/aromatic N) is 2. The zero-order valence-corrected chi connectivity index (χ0v) is 35.6. The highest BCUT2D eigenvalue weighted by Crippen LogP contribution is 2.66. The molecule has 0 amide bonds. The molecule has 4 heteroatoms. The lowest BCUT2D eigenvalue weighted by Gasteiger charge is -2.40. The average molecular weight is 803 g/mol. The molecule has 0 radical (unpaired) electrons. The number of benzene rings is 4. The Morgan fingerprint density at radius 2 is 1.58 bits per heavy atom. The number of thiophene rings is 1. The summed E-state index contributed by atoms with van der Waals surface area (Å²) in [5.74, 6) is 1.42. The van der Waals surface area contributed by atoms with Gasteiger partial charge in [0, 0.05) is 37.9 Å². The van der Waals surface area contributed by atoms with Crippen LogP contribution in [0.5, 0.6) is 0 Å². The Morgan fingerprint density at radius 1 is 0.763 bits per heavy atom. The molecule has 5 aliphatic carbocycles. The predicted molar refractivity (Wildman–Crippen MR) is 254 cm³/mol. The van der Waals surface area contributed by atoms with E-state index in [4.69, 9.17) is 0 Å². The summed E-state index contributed by atoms with van der Waals surface area (Å²) in [7, 11) is 0. The molecule has 292 valence electrons. The number of hydrogen-bond donors (Lipinski definition) is 0. The van der Waals surface area contributed by atoms with Crippen molar-refractivity contribution in [2.75, 3.05) is 9.80 Å². The molecule has 0 spiro atoms. The Labute approximate surface area is 357 Å². The van der Waals surface area contributed by atoms with E-state index in [-0.39, 0.29) is 11.5 Å². The summed E-state index contributed by atoms with van der Waals surface area (Å²) < 4.78 is 1.41. The summed E-state index contributed by atoms with van der Waals surface area (Å²) in [6.45, 7) is 4.99. The van der Waals surface area contributed by atoms with Crippen LogP contribution in [0.4, 0.5) is 22.7 Å². The number of fused-ring (bicyclic) bond motifs is 10. The molecule has 1 saturated heterocycles. The normalized spacial score (nSPS) is 26.8. The summed E-state index contributed by atoms with van der Waals surface area (Å²) >= 11 is 4.16. The quantitative estimate of drug-likeness (QED) is 0.158. The van der Waals surface area contributed by atoms with Gasteiger partial charge < -0.3 is 9.80 Å². The molecule has 2 aliphatic heterocycles. The van der Waals surface area contributed by atoms with Gasteiger partial charge in [0.2, 0.25) is 0 Å². The first-order valence-corrected chi connectivity index (χ1v) is 23.6. The van der Waals surface area contributed by atoms with Crippen molar-refractivity contribution in [3.8, 4) is 0 Å². The fraction of sp³-hybridized carbons (Fsp3) is 0.273. The molecule has 59 heavy (non-hydrogen) atoms. The van der Waals surface area contributed by atoms with Gasteiger partial charge in [-0.3, -0.25) is 0 Å². The second kappa shape index (κ2) is 14.0. The van der Waals surface area contributed by atoms with Crippen LogP contribution in [0.25, 0.3) is 21.2 Å². The van der Waals surface area contributed by atoms with E-state index in [2.05, 4.69) is 193 Å². The van der Waals surface area contributed by atoms with Crippen molar-refractivity contribution in [1.82, 2.24) is 0 Å². The lowest BCUT2D eigenvalue weighted by molar-refractivity contribution is 0.337. The van der Waals surface area contributed by atoms with Crippen molar-refractivity contribution in [1.29, 1.82) is 0 Å². The third-order valence-electron chi connectivity index (χ3n) is 14.6. The van der Waals surface area contributed by atoms with Crippen LogP contribution in [-0.2, 0) is 5.41 Å². The van der Waals surface area contributed by atoms with Crippen molar-refractivity contribution in [2.45, 2.75) is 81.0 Å². The maximum Gasteiger partial charge on any atom is 0.0670 e. The van der Waals surface area contributed by atoms with Gasteiger partial charge in [0.1, 0.15) is 0 Å². The fourth-order valence-electron chi connectivity index (χ4n) is 11.7. The molecule has 3 heterocycles. The Hall–Kier alpha value is -5.03. The highest BCUT2D eigenvalue weighted by Gasteiger charge is 2.53. The number of rotatable bonds is 6. The molecule has 7 aliphatic rings. The van der Waals surface area contributed by atoms with Crippen molar-refractivity contribution in [2.24, 2.45) is 11.8 Å². The van der Waals surface area contributed by atoms with E-state index < -0.39 is 0 Å². The molecule has 1 fully saturated rings. The van der Waals surface area contributed by atoms with Crippen molar-refractivity contribution >= 4 is 67.1 Å². The number of anilines is 4. The van der Waals surface area contributed by atoms with Crippen LogP contribution in [0, 0.1) is 11.8 Å². The maximum absolute atomic E-state index is 2.80. The van der Waals surface area contributed by atoms with Crippen molar-refractivity contribution in [3.63, 3.8) is 0 Å². The van der Waals surface area contributed by atoms with Crippen molar-refractivity contribution in [3.05, 3.63) is 190 Å². The summed E-state index contributed by atoms with van der Waals surface area (Å²) in [5.41, 5.74) is 13.9. The lowest BCUT2D eigenvalue weighted by Crippen LogP contribution is -2.36. The highest BCUT2D eigenvalue weighted by molar-refractivity contribution is 8.03. The van der Waals surface area contributed by atoms with E-state index in [0.29, 0.717) is 29.0 Å². The fourth-order valence-corrected chi connectivity index (χ4v) is 14.7. The minimum absolute atomic E-state index is 0.0542. The summed E-state index contributed by atoms with van der Waals surface area (Å²) in [6, 6.07) is 36.3. The van der Waals surface area contributed by atoms with Gasteiger partial charge in [-0.05, 0) is 137 Å². The molecule has 12 rings (SSSR count). The molecule has 4 aromatic carbocycles. The van der Waals surface area contributed by atoms with Gasteiger partial charge in [-0.25, -0.2) is 0 Å². The van der Waals surface area contributed by atoms with Gasteiger partial charge in [0.25, 0.3) is 0 Å². The molecule has 1 aromatic heterocycles. The second-order valence-corrected chi connectivity index (χ2v) is 20.4. The first kappa shape index (κ1) is 35.9. The monoisotopic (exact) mass is 802 g/mol. The number of allylic oxidation sites excluding steroid dienone is 12. The molecular formula is C55H50N2S2. The van der Waals surface area contributed by atoms with Crippen LogP contribution < -0.4 is 9.80 Å². The van der Waals surface area contributed by atoms with Gasteiger partial charge in [0.05, 0.1) is 23.0 Å². The van der Waals surface area contributed by atoms with E-state index in [1.54, 1.807) is 15.3 Å². The standard InChI is InChI=1S/C55H50N2S2/c1-55(2)47-31-29-41(56(39-25-21-37(22-26-39)35-13-5-3-6-14-35)40-27-23-38(24-28-40)36-15-7-4-8-16-36)33-45(47)46-34-42(30-32-48(46)55)57-51-43-17-9-11-19-49(43)58-53(51)54-52(57)44-18-10-12-20-50(44)59-54/h3,5,7,9-13,15-17,19-32,34,41,44-45,47,52,54H,4,6,8,14,18,33H2,1-2H3. The zero-order chi connectivity index (χ0) is 39.2. The Morgan fingerprint density at radius 3 is 2.37 bits per heavy atom. The Bertz CT molecular complexity index is 2720. The lowest BCUT2D eigenvalue weighted by atomic mass is 9.72. The predicted octanol–water partition coefficient (Wildman–Crippen LogP) is 15.3. The second-order valence-electron chi connectivity index (χ2n) is 18.1. The minimum atomic E-state index is 0.0542. The van der Waals surface area contributed by atoms with E-state index in [1.807, 2.05) is 11.3 Å². The number of thioether (sulfide) groups is 1. The van der Waals surface area contributed by atoms with Crippen LogP contribution in [0.3, 0.4) is 0 Å². The number of hydrogen-bond acceptors (Lipinski definition) is 4. The summed E-state index contributed by atoms with van der Waals surface area (Å²) in [4.78, 5) is 8.57. The van der Waals surface area contributed by atoms with E-state index in [1.165, 1.54) is 60.7 Å². The van der Waals surface area contributed by atoms with Gasteiger partial charge in [0.15, 0.2) is 0 Å². The van der Waals surface area contributed by atoms with Crippen LogP contribution in [0.2, 0.25) is 0 Å². The maximum atomic E-state index is 2.80. The molecule has 0 N–H and O–H groups in total. The molecule has 5 aromatic rings. The molecular weight excluding hydrogens is 753 g/mol. The smallest absolute Gasteiger partial charge is 0.0670 e. The SMILES string of the molecule is CC1(C)c2ccc(N3c4c(sc5ccccc45)C4SC5=CC=CCC5C43)cc2C2CC(N(c3ccc(C4=CCCC=C4)cc3)c3ccc(C4=CC=CCC4)cc3)C=CC21. The molecule has 6 unspecified atom stereocenters. The highest BCUT2D eigenvalue weighted by atomic mass is 32.2. The largest absolute Gasteiger partial charge is 0.335 e. The third kappa shape index (κ3) is 5.73. The van der Waals surface area contributed by atoms with E-state index in [9.17, 15) is 0 Å². The topological polar surface area (TPSA) is 6.48 Å². The Balaban J connectivity index is 0.935.